The van der Waals surface area contributed by atoms with Crippen molar-refractivity contribution in [1.82, 2.24) is 10.3 Å². The molecule has 1 heterocycles. The van der Waals surface area contributed by atoms with Crippen LogP contribution in [0.4, 0.5) is 11.5 Å². The highest BCUT2D eigenvalue weighted by Gasteiger charge is 2.11. The molecule has 0 radical (unpaired) electrons. The van der Waals surface area contributed by atoms with Crippen LogP contribution in [0.3, 0.4) is 0 Å². The van der Waals surface area contributed by atoms with Gasteiger partial charge in [-0.3, -0.25) is 10.1 Å². The van der Waals surface area contributed by atoms with Crippen molar-refractivity contribution in [1.29, 1.82) is 0 Å². The normalized spacial score (nSPS) is 10.1. The smallest absolute Gasteiger partial charge is 0.277 e. The molecule has 0 saturated heterocycles. The Morgan fingerprint density at radius 1 is 1.50 bits per heavy atom. The average Bonchev–Trinajstić information content (AvgIpc) is 2.26. The van der Waals surface area contributed by atoms with E-state index >= 15 is 0 Å². The highest BCUT2D eigenvalue weighted by Crippen LogP contribution is 2.19. The van der Waals surface area contributed by atoms with Gasteiger partial charge in [0.1, 0.15) is 5.82 Å². The fourth-order valence-corrected chi connectivity index (χ4v) is 1.26. The summed E-state index contributed by atoms with van der Waals surface area (Å²) in [5.74, 6) is 0.537. The Morgan fingerprint density at radius 2 is 2.25 bits per heavy atom. The summed E-state index contributed by atoms with van der Waals surface area (Å²) in [4.78, 5) is 14.4. The van der Waals surface area contributed by atoms with Gasteiger partial charge >= 0.3 is 0 Å². The molecule has 6 nitrogen and oxygen atoms in total. The van der Waals surface area contributed by atoms with Crippen molar-refractivity contribution in [2.45, 2.75) is 13.8 Å². The number of pyridine rings is 1. The van der Waals surface area contributed by atoms with E-state index in [4.69, 9.17) is 0 Å². The molecule has 0 aliphatic carbocycles. The van der Waals surface area contributed by atoms with Crippen molar-refractivity contribution >= 4 is 11.5 Å². The first-order chi connectivity index (χ1) is 7.65. The van der Waals surface area contributed by atoms with E-state index in [0.717, 1.165) is 13.1 Å². The molecule has 16 heavy (non-hydrogen) atoms. The maximum absolute atomic E-state index is 10.7. The summed E-state index contributed by atoms with van der Waals surface area (Å²) in [5, 5.41) is 16.9. The lowest BCUT2D eigenvalue weighted by Crippen LogP contribution is -2.21. The predicted octanol–water partition coefficient (Wildman–Crippen LogP) is 1.32. The van der Waals surface area contributed by atoms with E-state index in [1.165, 1.54) is 12.3 Å². The summed E-state index contributed by atoms with van der Waals surface area (Å²) in [7, 11) is 0. The van der Waals surface area contributed by atoms with E-state index in [9.17, 15) is 10.1 Å². The Balaban J connectivity index is 2.61. The van der Waals surface area contributed by atoms with E-state index in [2.05, 4.69) is 15.6 Å². The van der Waals surface area contributed by atoms with Crippen molar-refractivity contribution in [3.8, 4) is 0 Å². The highest BCUT2D eigenvalue weighted by molar-refractivity contribution is 5.48. The van der Waals surface area contributed by atoms with E-state index in [1.807, 2.05) is 6.92 Å². The Morgan fingerprint density at radius 3 is 2.88 bits per heavy atom. The van der Waals surface area contributed by atoms with E-state index < -0.39 is 4.92 Å². The molecule has 0 atom stereocenters. The molecule has 1 aromatic rings. The van der Waals surface area contributed by atoms with Gasteiger partial charge in [-0.1, -0.05) is 6.92 Å². The molecule has 1 aromatic heterocycles. The maximum Gasteiger partial charge on any atom is 0.277 e. The van der Waals surface area contributed by atoms with Crippen LogP contribution in [0.2, 0.25) is 0 Å². The van der Waals surface area contributed by atoms with Crippen LogP contribution in [0.25, 0.3) is 0 Å². The lowest BCUT2D eigenvalue weighted by Gasteiger charge is -2.06. The first kappa shape index (κ1) is 12.4. The number of hydrogen-bond acceptors (Lipinski definition) is 5. The molecule has 88 valence electrons. The van der Waals surface area contributed by atoms with Crippen LogP contribution >= 0.6 is 0 Å². The number of nitro groups is 1. The summed E-state index contributed by atoms with van der Waals surface area (Å²) in [6, 6.07) is 1.46. The van der Waals surface area contributed by atoms with Gasteiger partial charge in [0.15, 0.2) is 0 Å². The molecule has 0 aliphatic heterocycles. The van der Waals surface area contributed by atoms with Gasteiger partial charge in [0.2, 0.25) is 0 Å². The fraction of sp³-hybridized carbons (Fsp3) is 0.500. The van der Waals surface area contributed by atoms with Crippen LogP contribution in [-0.2, 0) is 0 Å². The fourth-order valence-electron chi connectivity index (χ4n) is 1.26. The molecule has 0 spiro atoms. The van der Waals surface area contributed by atoms with Crippen LogP contribution < -0.4 is 10.6 Å². The van der Waals surface area contributed by atoms with Crippen LogP contribution in [0, 0.1) is 17.0 Å². The monoisotopic (exact) mass is 224 g/mol. The lowest BCUT2D eigenvalue weighted by atomic mass is 10.2. The molecule has 0 unspecified atom stereocenters. The van der Waals surface area contributed by atoms with Crippen molar-refractivity contribution < 1.29 is 4.92 Å². The molecular weight excluding hydrogens is 208 g/mol. The number of rotatable bonds is 6. The summed E-state index contributed by atoms with van der Waals surface area (Å²) in [6.45, 7) is 6.10. The molecule has 0 saturated carbocycles. The Bertz CT molecular complexity index is 368. The largest absolute Gasteiger partial charge is 0.369 e. The van der Waals surface area contributed by atoms with Crippen LogP contribution in [0.1, 0.15) is 12.5 Å². The van der Waals surface area contributed by atoms with Crippen molar-refractivity contribution in [3.63, 3.8) is 0 Å². The zero-order valence-electron chi connectivity index (χ0n) is 9.49. The molecule has 0 amide bonds. The third-order valence-electron chi connectivity index (χ3n) is 2.13. The first-order valence-corrected chi connectivity index (χ1v) is 5.20. The Hall–Kier alpha value is -1.69. The molecule has 0 aromatic carbocycles. The third-order valence-corrected chi connectivity index (χ3v) is 2.13. The van der Waals surface area contributed by atoms with Gasteiger partial charge in [-0.25, -0.2) is 4.98 Å². The topological polar surface area (TPSA) is 80.1 Å². The van der Waals surface area contributed by atoms with Crippen molar-refractivity contribution in [3.05, 3.63) is 27.9 Å². The zero-order valence-corrected chi connectivity index (χ0v) is 9.49. The standard InChI is InChI=1S/C10H16N4O2/c1-3-11-4-5-12-10-6-9(14(15)16)8(2)7-13-10/h6-7,11H,3-5H2,1-2H3,(H,12,13). The van der Waals surface area contributed by atoms with Gasteiger partial charge in [0.05, 0.1) is 11.0 Å². The van der Waals surface area contributed by atoms with Gasteiger partial charge in [0.25, 0.3) is 5.69 Å². The summed E-state index contributed by atoms with van der Waals surface area (Å²) in [6.07, 6.45) is 1.51. The number of nitrogens with zero attached hydrogens (tertiary/aromatic N) is 2. The molecule has 0 aliphatic rings. The summed E-state index contributed by atoms with van der Waals surface area (Å²) < 4.78 is 0. The van der Waals surface area contributed by atoms with Crippen LogP contribution in [0.5, 0.6) is 0 Å². The summed E-state index contributed by atoms with van der Waals surface area (Å²) >= 11 is 0. The predicted molar refractivity (Wildman–Crippen MR) is 62.7 cm³/mol. The Kier molecular flexibility index (Phi) is 4.65. The van der Waals surface area contributed by atoms with Crippen molar-refractivity contribution in [2.24, 2.45) is 0 Å². The van der Waals surface area contributed by atoms with E-state index in [-0.39, 0.29) is 5.69 Å². The van der Waals surface area contributed by atoms with Crippen molar-refractivity contribution in [2.75, 3.05) is 25.0 Å². The number of hydrogen-bond donors (Lipinski definition) is 2. The zero-order chi connectivity index (χ0) is 12.0. The first-order valence-electron chi connectivity index (χ1n) is 5.20. The SMILES string of the molecule is CCNCCNc1cc([N+](=O)[O-])c(C)cn1. The third kappa shape index (κ3) is 3.47. The second-order valence-electron chi connectivity index (χ2n) is 3.39. The number of anilines is 1. The number of aryl methyl sites for hydroxylation is 1. The van der Waals surface area contributed by atoms with Gasteiger partial charge in [-0.15, -0.1) is 0 Å². The van der Waals surface area contributed by atoms with E-state index in [0.29, 0.717) is 17.9 Å². The van der Waals surface area contributed by atoms with E-state index in [1.54, 1.807) is 6.92 Å². The lowest BCUT2D eigenvalue weighted by molar-refractivity contribution is -0.385. The molecule has 0 bridgehead atoms. The molecule has 0 fully saturated rings. The summed E-state index contributed by atoms with van der Waals surface area (Å²) in [5.41, 5.74) is 0.670. The Labute approximate surface area is 94.2 Å². The van der Waals surface area contributed by atoms with Gasteiger partial charge in [0, 0.05) is 24.8 Å². The second-order valence-corrected chi connectivity index (χ2v) is 3.39. The minimum absolute atomic E-state index is 0.0981. The quantitative estimate of drug-likeness (QED) is 0.433. The highest BCUT2D eigenvalue weighted by atomic mass is 16.6. The minimum Gasteiger partial charge on any atom is -0.369 e. The number of nitrogens with one attached hydrogen (secondary N) is 2. The molecule has 2 N–H and O–H groups in total. The molecule has 1 rings (SSSR count). The average molecular weight is 224 g/mol. The van der Waals surface area contributed by atoms with Crippen LogP contribution in [0.15, 0.2) is 12.3 Å². The minimum atomic E-state index is -0.396. The van der Waals surface area contributed by atoms with Gasteiger partial charge < -0.3 is 10.6 Å². The number of likely N-dealkylation sites (N-methyl/N-ethyl adjacent to an activating group) is 1. The molecular formula is C10H16N4O2. The number of aromatic nitrogens is 1. The second kappa shape index (κ2) is 6.02. The van der Waals surface area contributed by atoms with Gasteiger partial charge in [-0.2, -0.15) is 0 Å². The maximum atomic E-state index is 10.7. The van der Waals surface area contributed by atoms with Gasteiger partial charge in [-0.05, 0) is 13.5 Å². The molecule has 6 heteroatoms. The van der Waals surface area contributed by atoms with Crippen LogP contribution in [-0.4, -0.2) is 29.5 Å².